The van der Waals surface area contributed by atoms with Crippen molar-refractivity contribution in [3.8, 4) is 5.75 Å². The highest BCUT2D eigenvalue weighted by molar-refractivity contribution is 5.96. The Bertz CT molecular complexity index is 908. The molecule has 1 aromatic rings. The Labute approximate surface area is 222 Å². The van der Waals surface area contributed by atoms with Crippen LogP contribution >= 0.6 is 0 Å². The Morgan fingerprint density at radius 1 is 1.03 bits per heavy atom. The Hall–Kier alpha value is -2.93. The lowest BCUT2D eigenvalue weighted by Gasteiger charge is -2.31. The minimum absolute atomic E-state index is 0.170. The van der Waals surface area contributed by atoms with E-state index < -0.39 is 4.92 Å². The van der Waals surface area contributed by atoms with Gasteiger partial charge in [-0.3, -0.25) is 20.2 Å². The summed E-state index contributed by atoms with van der Waals surface area (Å²) in [5.41, 5.74) is 1.22. The molecule has 0 radical (unpaired) electrons. The Balaban J connectivity index is 1.66. The molecule has 1 aliphatic rings. The van der Waals surface area contributed by atoms with E-state index in [1.807, 2.05) is 31.2 Å². The van der Waals surface area contributed by atoms with Crippen molar-refractivity contribution >= 4 is 5.91 Å². The van der Waals surface area contributed by atoms with Crippen LogP contribution in [0, 0.1) is 10.1 Å². The topological polar surface area (TPSA) is 93.5 Å². The summed E-state index contributed by atoms with van der Waals surface area (Å²) in [6.45, 7) is 8.31. The van der Waals surface area contributed by atoms with Gasteiger partial charge in [0.15, 0.2) is 0 Å². The number of amides is 1. The molecule has 1 aromatic carbocycles. The maximum atomic E-state index is 12.6. The third-order valence-electron chi connectivity index (χ3n) is 6.67. The first-order valence-electron chi connectivity index (χ1n) is 13.9. The Morgan fingerprint density at radius 3 is 2.16 bits per heavy atom. The fourth-order valence-corrected chi connectivity index (χ4v) is 4.53. The van der Waals surface area contributed by atoms with Crippen LogP contribution in [0.3, 0.4) is 0 Å². The molecule has 1 amide bonds. The Kier molecular flexibility index (Phi) is 14.3. The number of benzene rings is 1. The largest absolute Gasteiger partial charge is 0.494 e. The van der Waals surface area contributed by atoms with Crippen LogP contribution in [0.1, 0.15) is 90.0 Å². The van der Waals surface area contributed by atoms with Crippen LogP contribution < -0.4 is 15.4 Å². The second-order valence-electron chi connectivity index (χ2n) is 9.83. The van der Waals surface area contributed by atoms with Crippen molar-refractivity contribution in [3.63, 3.8) is 0 Å². The van der Waals surface area contributed by atoms with Gasteiger partial charge in [0.2, 0.25) is 5.91 Å². The van der Waals surface area contributed by atoms with E-state index in [2.05, 4.69) is 24.1 Å². The summed E-state index contributed by atoms with van der Waals surface area (Å²) in [5, 5.41) is 17.4. The predicted molar refractivity (Wildman–Crippen MR) is 150 cm³/mol. The van der Waals surface area contributed by atoms with Crippen LogP contribution in [0.25, 0.3) is 0 Å². The van der Waals surface area contributed by atoms with E-state index in [1.54, 1.807) is 0 Å². The fourth-order valence-electron chi connectivity index (χ4n) is 4.53. The summed E-state index contributed by atoms with van der Waals surface area (Å²) in [7, 11) is 0. The SMILES string of the molecule is C=C/C=C(\C=C1\C(=O)NC(Cc2ccc(OCCCCCCCCCCCCC)cc2)NC1C)[N+](=O)[O-]. The average molecular weight is 512 g/mol. The zero-order chi connectivity index (χ0) is 26.9. The van der Waals surface area contributed by atoms with Gasteiger partial charge in [-0.25, -0.2) is 0 Å². The van der Waals surface area contributed by atoms with Gasteiger partial charge < -0.3 is 10.1 Å². The molecule has 1 heterocycles. The summed E-state index contributed by atoms with van der Waals surface area (Å²) in [5.74, 6) is 0.552. The number of carbonyl (C=O) groups is 1. The standard InChI is InChI=1S/C30H45N3O4/c1-4-6-7-8-9-10-11-12-13-14-15-21-37-27-19-17-25(18-20-27)22-29-31-24(3)28(30(34)32-29)23-26(16-5-2)33(35)36/h5,16-20,23-24,29,31H,2,4,6-15,21-22H2,1,3H3,(H,32,34)/b26-16+,28-23+. The molecule has 204 valence electrons. The zero-order valence-corrected chi connectivity index (χ0v) is 22.7. The minimum atomic E-state index is -0.526. The molecular weight excluding hydrogens is 466 g/mol. The van der Waals surface area contributed by atoms with Crippen molar-refractivity contribution in [2.45, 2.75) is 103 Å². The minimum Gasteiger partial charge on any atom is -0.494 e. The molecule has 7 heteroatoms. The molecule has 0 spiro atoms. The summed E-state index contributed by atoms with van der Waals surface area (Å²) in [6.07, 6.45) is 18.7. The first-order valence-corrected chi connectivity index (χ1v) is 13.9. The van der Waals surface area contributed by atoms with E-state index in [0.29, 0.717) is 12.0 Å². The summed E-state index contributed by atoms with van der Waals surface area (Å²) < 4.78 is 5.90. The number of ether oxygens (including phenoxy) is 1. The van der Waals surface area contributed by atoms with Crippen molar-refractivity contribution in [2.24, 2.45) is 0 Å². The number of carbonyl (C=O) groups excluding carboxylic acids is 1. The molecule has 2 rings (SSSR count). The van der Waals surface area contributed by atoms with Crippen molar-refractivity contribution in [1.29, 1.82) is 0 Å². The molecule has 1 aliphatic heterocycles. The normalized spacial score (nSPS) is 19.0. The highest BCUT2D eigenvalue weighted by atomic mass is 16.6. The van der Waals surface area contributed by atoms with Crippen LogP contribution in [0.15, 0.2) is 60.3 Å². The number of nitro groups is 1. The van der Waals surface area contributed by atoms with E-state index in [9.17, 15) is 14.9 Å². The van der Waals surface area contributed by atoms with Gasteiger partial charge in [0.1, 0.15) is 5.75 Å². The van der Waals surface area contributed by atoms with Crippen molar-refractivity contribution < 1.29 is 14.5 Å². The molecule has 37 heavy (non-hydrogen) atoms. The molecule has 7 nitrogen and oxygen atoms in total. The third-order valence-corrected chi connectivity index (χ3v) is 6.67. The first kappa shape index (κ1) is 30.3. The number of allylic oxidation sites excluding steroid dienone is 3. The van der Waals surface area contributed by atoms with E-state index in [-0.39, 0.29) is 23.8 Å². The van der Waals surface area contributed by atoms with Crippen LogP contribution in [0.4, 0.5) is 0 Å². The van der Waals surface area contributed by atoms with Gasteiger partial charge in [-0.05, 0) is 31.0 Å². The first-order chi connectivity index (χ1) is 17.9. The van der Waals surface area contributed by atoms with Crippen molar-refractivity contribution in [3.05, 3.63) is 76.0 Å². The second-order valence-corrected chi connectivity index (χ2v) is 9.83. The summed E-state index contributed by atoms with van der Waals surface area (Å²) >= 11 is 0. The number of nitrogens with zero attached hydrogens (tertiary/aromatic N) is 1. The molecule has 2 N–H and O–H groups in total. The van der Waals surface area contributed by atoms with Crippen molar-refractivity contribution in [2.75, 3.05) is 6.61 Å². The predicted octanol–water partition coefficient (Wildman–Crippen LogP) is 6.63. The maximum absolute atomic E-state index is 12.6. The van der Waals surface area contributed by atoms with E-state index in [1.165, 1.54) is 82.4 Å². The van der Waals surface area contributed by atoms with Crippen LogP contribution in [0.5, 0.6) is 5.75 Å². The second kappa shape index (κ2) is 17.5. The van der Waals surface area contributed by atoms with Gasteiger partial charge in [-0.15, -0.1) is 0 Å². The van der Waals surface area contributed by atoms with Gasteiger partial charge in [-0.2, -0.15) is 0 Å². The third kappa shape index (κ3) is 11.8. The van der Waals surface area contributed by atoms with Crippen LogP contribution in [-0.4, -0.2) is 29.6 Å². The molecule has 1 saturated heterocycles. The quantitative estimate of drug-likeness (QED) is 0.0759. The fraction of sp³-hybridized carbons (Fsp3) is 0.567. The average Bonchev–Trinajstić information content (AvgIpc) is 2.87. The van der Waals surface area contributed by atoms with Gasteiger partial charge in [0, 0.05) is 30.2 Å². The van der Waals surface area contributed by atoms with Gasteiger partial charge in [0.25, 0.3) is 5.70 Å². The molecule has 0 bridgehead atoms. The number of hydrogen-bond donors (Lipinski definition) is 2. The van der Waals surface area contributed by atoms with Crippen molar-refractivity contribution in [1.82, 2.24) is 10.6 Å². The van der Waals surface area contributed by atoms with E-state index in [0.717, 1.165) is 24.3 Å². The smallest absolute Gasteiger partial charge is 0.269 e. The molecule has 2 atom stereocenters. The number of nitrogens with one attached hydrogen (secondary N) is 2. The van der Waals surface area contributed by atoms with E-state index >= 15 is 0 Å². The van der Waals surface area contributed by atoms with Gasteiger partial charge in [0.05, 0.1) is 17.7 Å². The lowest BCUT2D eigenvalue weighted by molar-refractivity contribution is -0.419. The zero-order valence-electron chi connectivity index (χ0n) is 22.7. The van der Waals surface area contributed by atoms with Crippen LogP contribution in [0.2, 0.25) is 0 Å². The van der Waals surface area contributed by atoms with Gasteiger partial charge >= 0.3 is 0 Å². The number of hydrogen-bond acceptors (Lipinski definition) is 5. The molecule has 1 fully saturated rings. The van der Waals surface area contributed by atoms with E-state index in [4.69, 9.17) is 4.74 Å². The van der Waals surface area contributed by atoms with Gasteiger partial charge in [-0.1, -0.05) is 95.9 Å². The lowest BCUT2D eigenvalue weighted by Crippen LogP contribution is -2.57. The molecule has 0 saturated carbocycles. The number of unbranched alkanes of at least 4 members (excludes halogenated alkanes) is 10. The maximum Gasteiger partial charge on any atom is 0.269 e. The highest BCUT2D eigenvalue weighted by Gasteiger charge is 2.29. The molecule has 2 unspecified atom stereocenters. The molecule has 0 aliphatic carbocycles. The molecule has 0 aromatic heterocycles. The number of rotatable bonds is 18. The summed E-state index contributed by atoms with van der Waals surface area (Å²) in [6, 6.07) is 7.64. The van der Waals surface area contributed by atoms with Crippen LogP contribution in [-0.2, 0) is 11.2 Å². The summed E-state index contributed by atoms with van der Waals surface area (Å²) in [4.78, 5) is 23.2. The Morgan fingerprint density at radius 2 is 1.62 bits per heavy atom. The molecular formula is C30H45N3O4. The lowest BCUT2D eigenvalue weighted by atomic mass is 10.0. The monoisotopic (exact) mass is 511 g/mol. The highest BCUT2D eigenvalue weighted by Crippen LogP contribution is 2.18.